The number of hydrogen-bond donors (Lipinski definition) is 3. The summed E-state index contributed by atoms with van der Waals surface area (Å²) in [5.74, 6) is -1.06. The van der Waals surface area contributed by atoms with Crippen molar-refractivity contribution in [3.63, 3.8) is 0 Å². The molecule has 2 atom stereocenters. The van der Waals surface area contributed by atoms with Gasteiger partial charge >= 0.3 is 12.0 Å². The van der Waals surface area contributed by atoms with E-state index in [1.54, 1.807) is 4.90 Å². The van der Waals surface area contributed by atoms with Gasteiger partial charge in [-0.2, -0.15) is 0 Å². The standard InChI is InChI=1S/C14H24N2O4/c17-8-7-16(11-5-6-11)14(20)15-9-10-3-1-2-4-12(10)13(18)19/h10-12,17H,1-9H2,(H,15,20)(H,18,19). The second-order valence-electron chi connectivity index (χ2n) is 5.82. The summed E-state index contributed by atoms with van der Waals surface area (Å²) in [7, 11) is 0. The highest BCUT2D eigenvalue weighted by molar-refractivity contribution is 5.75. The summed E-state index contributed by atoms with van der Waals surface area (Å²) in [5, 5.41) is 21.1. The molecule has 2 saturated carbocycles. The van der Waals surface area contributed by atoms with Crippen LogP contribution in [0.25, 0.3) is 0 Å². The fourth-order valence-corrected chi connectivity index (χ4v) is 3.04. The minimum absolute atomic E-state index is 0.0281. The Morgan fingerprint density at radius 3 is 2.45 bits per heavy atom. The van der Waals surface area contributed by atoms with Crippen LogP contribution in [0.2, 0.25) is 0 Å². The number of nitrogens with zero attached hydrogens (tertiary/aromatic N) is 1. The average Bonchev–Trinajstić information content (AvgIpc) is 3.26. The van der Waals surface area contributed by atoms with Crippen LogP contribution >= 0.6 is 0 Å². The Hall–Kier alpha value is -1.30. The van der Waals surface area contributed by atoms with Crippen LogP contribution in [0.5, 0.6) is 0 Å². The van der Waals surface area contributed by atoms with Gasteiger partial charge in [0.25, 0.3) is 0 Å². The third-order valence-electron chi connectivity index (χ3n) is 4.33. The van der Waals surface area contributed by atoms with Crippen molar-refractivity contribution < 1.29 is 19.8 Å². The lowest BCUT2D eigenvalue weighted by Gasteiger charge is -2.30. The Kier molecular flexibility index (Phi) is 5.23. The Bertz CT molecular complexity index is 357. The Balaban J connectivity index is 1.83. The molecule has 0 aromatic heterocycles. The summed E-state index contributed by atoms with van der Waals surface area (Å²) in [6.07, 6.45) is 5.55. The number of hydrogen-bond acceptors (Lipinski definition) is 3. The summed E-state index contributed by atoms with van der Waals surface area (Å²) < 4.78 is 0. The maximum Gasteiger partial charge on any atom is 0.317 e. The van der Waals surface area contributed by atoms with E-state index in [2.05, 4.69) is 5.32 Å². The zero-order valence-corrected chi connectivity index (χ0v) is 11.8. The van der Waals surface area contributed by atoms with Crippen molar-refractivity contribution in [3.05, 3.63) is 0 Å². The molecule has 6 nitrogen and oxygen atoms in total. The highest BCUT2D eigenvalue weighted by Gasteiger charge is 2.34. The largest absolute Gasteiger partial charge is 0.481 e. The number of amides is 2. The average molecular weight is 284 g/mol. The first kappa shape index (κ1) is 15.1. The van der Waals surface area contributed by atoms with Crippen molar-refractivity contribution in [3.8, 4) is 0 Å². The molecule has 0 spiro atoms. The van der Waals surface area contributed by atoms with E-state index in [0.717, 1.165) is 32.1 Å². The number of carboxylic acid groups (broad SMARTS) is 1. The number of aliphatic carboxylic acids is 1. The summed E-state index contributed by atoms with van der Waals surface area (Å²) in [4.78, 5) is 25.0. The number of rotatable bonds is 6. The van der Waals surface area contributed by atoms with E-state index in [4.69, 9.17) is 5.11 Å². The summed E-state index contributed by atoms with van der Waals surface area (Å²) in [6.45, 7) is 0.735. The van der Waals surface area contributed by atoms with Crippen LogP contribution in [0.4, 0.5) is 4.79 Å². The Morgan fingerprint density at radius 2 is 1.85 bits per heavy atom. The molecule has 2 aliphatic rings. The van der Waals surface area contributed by atoms with E-state index in [1.165, 1.54) is 0 Å². The van der Waals surface area contributed by atoms with E-state index < -0.39 is 5.97 Å². The number of carboxylic acids is 1. The molecule has 0 aromatic rings. The van der Waals surface area contributed by atoms with Gasteiger partial charge in [0.05, 0.1) is 12.5 Å². The zero-order chi connectivity index (χ0) is 14.5. The molecular weight excluding hydrogens is 260 g/mol. The lowest BCUT2D eigenvalue weighted by molar-refractivity contribution is -0.144. The second-order valence-corrected chi connectivity index (χ2v) is 5.82. The first-order chi connectivity index (χ1) is 9.63. The smallest absolute Gasteiger partial charge is 0.317 e. The number of carbonyl (C=O) groups is 2. The van der Waals surface area contributed by atoms with Crippen molar-refractivity contribution in [1.29, 1.82) is 0 Å². The first-order valence-corrected chi connectivity index (χ1v) is 7.51. The second kappa shape index (κ2) is 6.92. The predicted octanol–water partition coefficient (Wildman–Crippen LogP) is 1.04. The molecule has 2 fully saturated rings. The van der Waals surface area contributed by atoms with Crippen molar-refractivity contribution in [1.82, 2.24) is 10.2 Å². The van der Waals surface area contributed by atoms with Gasteiger partial charge in [-0.05, 0) is 31.6 Å². The monoisotopic (exact) mass is 284 g/mol. The van der Waals surface area contributed by atoms with Crippen molar-refractivity contribution >= 4 is 12.0 Å². The number of aliphatic hydroxyl groups is 1. The van der Waals surface area contributed by atoms with E-state index in [0.29, 0.717) is 19.5 Å². The molecule has 0 heterocycles. The van der Waals surface area contributed by atoms with Crippen LogP contribution in [0.15, 0.2) is 0 Å². The van der Waals surface area contributed by atoms with E-state index in [1.807, 2.05) is 0 Å². The van der Waals surface area contributed by atoms with Gasteiger partial charge in [0, 0.05) is 19.1 Å². The maximum atomic E-state index is 12.1. The van der Waals surface area contributed by atoms with Crippen LogP contribution in [-0.2, 0) is 4.79 Å². The third kappa shape index (κ3) is 3.85. The molecule has 0 bridgehead atoms. The minimum atomic E-state index is -0.752. The summed E-state index contributed by atoms with van der Waals surface area (Å²) >= 11 is 0. The van der Waals surface area contributed by atoms with Crippen LogP contribution in [0.3, 0.4) is 0 Å². The van der Waals surface area contributed by atoms with Gasteiger partial charge in [-0.3, -0.25) is 4.79 Å². The van der Waals surface area contributed by atoms with Crippen LogP contribution in [0, 0.1) is 11.8 Å². The Labute approximate surface area is 119 Å². The van der Waals surface area contributed by atoms with Gasteiger partial charge in [-0.1, -0.05) is 12.8 Å². The molecule has 0 radical (unpaired) electrons. The molecule has 2 unspecified atom stereocenters. The topological polar surface area (TPSA) is 89.9 Å². The highest BCUT2D eigenvalue weighted by atomic mass is 16.4. The van der Waals surface area contributed by atoms with Crippen LogP contribution in [-0.4, -0.2) is 52.9 Å². The molecule has 2 amide bonds. The van der Waals surface area contributed by atoms with E-state index in [-0.39, 0.29) is 30.5 Å². The predicted molar refractivity (Wildman–Crippen MR) is 73.3 cm³/mol. The van der Waals surface area contributed by atoms with Gasteiger partial charge in [-0.15, -0.1) is 0 Å². The fourth-order valence-electron chi connectivity index (χ4n) is 3.04. The lowest BCUT2D eigenvalue weighted by Crippen LogP contribution is -2.46. The lowest BCUT2D eigenvalue weighted by atomic mass is 9.79. The zero-order valence-electron chi connectivity index (χ0n) is 11.8. The molecule has 20 heavy (non-hydrogen) atoms. The molecule has 2 rings (SSSR count). The molecular formula is C14H24N2O4. The maximum absolute atomic E-state index is 12.1. The SMILES string of the molecule is O=C(O)C1CCCCC1CNC(=O)N(CCO)C1CC1. The van der Waals surface area contributed by atoms with Gasteiger partial charge in [0.15, 0.2) is 0 Å². The quantitative estimate of drug-likeness (QED) is 0.680. The third-order valence-corrected chi connectivity index (χ3v) is 4.33. The van der Waals surface area contributed by atoms with Crippen molar-refractivity contribution in [2.75, 3.05) is 19.7 Å². The van der Waals surface area contributed by atoms with Crippen molar-refractivity contribution in [2.45, 2.75) is 44.6 Å². The van der Waals surface area contributed by atoms with Gasteiger partial charge in [-0.25, -0.2) is 4.79 Å². The normalized spacial score (nSPS) is 26.1. The minimum Gasteiger partial charge on any atom is -0.481 e. The van der Waals surface area contributed by atoms with Gasteiger partial charge in [0.1, 0.15) is 0 Å². The molecule has 114 valence electrons. The first-order valence-electron chi connectivity index (χ1n) is 7.51. The number of urea groups is 1. The van der Waals surface area contributed by atoms with Crippen molar-refractivity contribution in [2.24, 2.45) is 11.8 Å². The molecule has 3 N–H and O–H groups in total. The van der Waals surface area contributed by atoms with Crippen LogP contribution < -0.4 is 5.32 Å². The summed E-state index contributed by atoms with van der Waals surface area (Å²) in [5.41, 5.74) is 0. The van der Waals surface area contributed by atoms with Gasteiger partial charge in [0.2, 0.25) is 0 Å². The van der Waals surface area contributed by atoms with Crippen LogP contribution in [0.1, 0.15) is 38.5 Å². The molecule has 0 aliphatic heterocycles. The molecule has 0 aromatic carbocycles. The summed E-state index contributed by atoms with van der Waals surface area (Å²) in [6, 6.07) is 0.0834. The molecule has 6 heteroatoms. The van der Waals surface area contributed by atoms with E-state index >= 15 is 0 Å². The fraction of sp³-hybridized carbons (Fsp3) is 0.857. The molecule has 0 saturated heterocycles. The van der Waals surface area contributed by atoms with Gasteiger partial charge < -0.3 is 20.4 Å². The number of nitrogens with one attached hydrogen (secondary N) is 1. The van der Waals surface area contributed by atoms with E-state index in [9.17, 15) is 14.7 Å². The number of aliphatic hydroxyl groups excluding tert-OH is 1. The Morgan fingerprint density at radius 1 is 1.15 bits per heavy atom. The number of carbonyl (C=O) groups excluding carboxylic acids is 1. The molecule has 2 aliphatic carbocycles. The highest BCUT2D eigenvalue weighted by Crippen LogP contribution is 2.30.